The van der Waals surface area contributed by atoms with Gasteiger partial charge in [0.1, 0.15) is 11.9 Å². The summed E-state index contributed by atoms with van der Waals surface area (Å²) in [6.07, 6.45) is 1.06. The Bertz CT molecular complexity index is 498. The second-order valence-electron chi connectivity index (χ2n) is 6.29. The standard InChI is InChI=1S/C17H27N3O2/c1-13-6-5-7-15(10-13)22-16-11-20(12-16)17(21)18-9-8-14(2)19(3)4/h5-7,10,14,16H,8-9,11-12H2,1-4H3,(H,18,21)/t14-/m1/s1. The number of carbonyl (C=O) groups is 1. The highest BCUT2D eigenvalue weighted by Gasteiger charge is 2.32. The molecule has 0 aliphatic carbocycles. The van der Waals surface area contributed by atoms with Crippen LogP contribution in [-0.4, -0.2) is 61.7 Å². The predicted octanol–water partition coefficient (Wildman–Crippen LogP) is 2.11. The number of benzene rings is 1. The lowest BCUT2D eigenvalue weighted by molar-refractivity contribution is 0.0443. The molecule has 0 spiro atoms. The highest BCUT2D eigenvalue weighted by atomic mass is 16.5. The molecular formula is C17H27N3O2. The van der Waals surface area contributed by atoms with Crippen LogP contribution in [-0.2, 0) is 0 Å². The number of urea groups is 1. The number of aryl methyl sites for hydroxylation is 1. The van der Waals surface area contributed by atoms with Crippen LogP contribution in [0.15, 0.2) is 24.3 Å². The zero-order chi connectivity index (χ0) is 16.1. The first-order chi connectivity index (χ1) is 10.5. The van der Waals surface area contributed by atoms with Crippen molar-refractivity contribution in [3.05, 3.63) is 29.8 Å². The number of carbonyl (C=O) groups excluding carboxylic acids is 1. The van der Waals surface area contributed by atoms with E-state index in [0.29, 0.717) is 25.7 Å². The van der Waals surface area contributed by atoms with Gasteiger partial charge in [0.25, 0.3) is 0 Å². The Morgan fingerprint density at radius 2 is 2.18 bits per heavy atom. The first-order valence-corrected chi connectivity index (χ1v) is 7.88. The number of hydrogen-bond donors (Lipinski definition) is 1. The van der Waals surface area contributed by atoms with Gasteiger partial charge >= 0.3 is 6.03 Å². The summed E-state index contributed by atoms with van der Waals surface area (Å²) in [5, 5.41) is 2.97. The number of rotatable bonds is 6. The first kappa shape index (κ1) is 16.6. The average molecular weight is 305 g/mol. The summed E-state index contributed by atoms with van der Waals surface area (Å²) in [5.41, 5.74) is 1.18. The molecule has 122 valence electrons. The normalized spacial score (nSPS) is 16.3. The highest BCUT2D eigenvalue weighted by Crippen LogP contribution is 2.19. The van der Waals surface area contributed by atoms with E-state index in [1.807, 2.05) is 31.2 Å². The molecule has 2 amide bonds. The summed E-state index contributed by atoms with van der Waals surface area (Å²) >= 11 is 0. The van der Waals surface area contributed by atoms with Crippen molar-refractivity contribution < 1.29 is 9.53 Å². The van der Waals surface area contributed by atoms with Gasteiger partial charge in [-0.3, -0.25) is 0 Å². The van der Waals surface area contributed by atoms with Crippen LogP contribution in [0.5, 0.6) is 5.75 Å². The molecule has 5 nitrogen and oxygen atoms in total. The summed E-state index contributed by atoms with van der Waals surface area (Å²) < 4.78 is 5.86. The Morgan fingerprint density at radius 3 is 2.82 bits per heavy atom. The number of ether oxygens (including phenoxy) is 1. The molecular weight excluding hydrogens is 278 g/mol. The zero-order valence-corrected chi connectivity index (χ0v) is 14.0. The van der Waals surface area contributed by atoms with Gasteiger partial charge in [-0.2, -0.15) is 0 Å². The maximum Gasteiger partial charge on any atom is 0.317 e. The molecule has 0 saturated carbocycles. The maximum absolute atomic E-state index is 12.0. The van der Waals surface area contributed by atoms with Gasteiger partial charge in [-0.15, -0.1) is 0 Å². The number of nitrogens with one attached hydrogen (secondary N) is 1. The molecule has 1 aromatic carbocycles. The van der Waals surface area contributed by atoms with Crippen molar-refractivity contribution in [2.75, 3.05) is 33.7 Å². The number of nitrogens with zero attached hydrogens (tertiary/aromatic N) is 2. The third-order valence-corrected chi connectivity index (χ3v) is 4.15. The van der Waals surface area contributed by atoms with Crippen LogP contribution in [0.4, 0.5) is 4.79 Å². The molecule has 5 heteroatoms. The van der Waals surface area contributed by atoms with Crippen LogP contribution >= 0.6 is 0 Å². The van der Waals surface area contributed by atoms with Gasteiger partial charge in [0, 0.05) is 12.6 Å². The number of hydrogen-bond acceptors (Lipinski definition) is 3. The SMILES string of the molecule is Cc1cccc(OC2CN(C(=O)NCC[C@@H](C)N(C)C)C2)c1. The molecule has 1 fully saturated rings. The molecule has 1 aliphatic heterocycles. The predicted molar refractivity (Wildman–Crippen MR) is 88.3 cm³/mol. The lowest BCUT2D eigenvalue weighted by Crippen LogP contribution is -2.59. The Kier molecular flexibility index (Phi) is 5.66. The van der Waals surface area contributed by atoms with Crippen LogP contribution in [0.25, 0.3) is 0 Å². The zero-order valence-electron chi connectivity index (χ0n) is 14.0. The van der Waals surface area contributed by atoms with Crippen molar-refractivity contribution in [3.63, 3.8) is 0 Å². The van der Waals surface area contributed by atoms with Crippen molar-refractivity contribution in [2.24, 2.45) is 0 Å². The average Bonchev–Trinajstić information content (AvgIpc) is 2.42. The van der Waals surface area contributed by atoms with E-state index < -0.39 is 0 Å². The van der Waals surface area contributed by atoms with E-state index in [1.54, 1.807) is 4.90 Å². The Balaban J connectivity index is 1.65. The lowest BCUT2D eigenvalue weighted by atomic mass is 10.1. The summed E-state index contributed by atoms with van der Waals surface area (Å²) in [5.74, 6) is 0.880. The van der Waals surface area contributed by atoms with Crippen molar-refractivity contribution in [1.82, 2.24) is 15.1 Å². The van der Waals surface area contributed by atoms with Gasteiger partial charge in [0.2, 0.25) is 0 Å². The summed E-state index contributed by atoms with van der Waals surface area (Å²) in [6, 6.07) is 8.48. The van der Waals surface area contributed by atoms with Crippen LogP contribution < -0.4 is 10.1 Å². The van der Waals surface area contributed by atoms with Gasteiger partial charge < -0.3 is 19.9 Å². The quantitative estimate of drug-likeness (QED) is 0.875. The van der Waals surface area contributed by atoms with Crippen LogP contribution in [0, 0.1) is 6.92 Å². The monoisotopic (exact) mass is 305 g/mol. The Morgan fingerprint density at radius 1 is 1.45 bits per heavy atom. The van der Waals surface area contributed by atoms with E-state index in [2.05, 4.69) is 31.2 Å². The van der Waals surface area contributed by atoms with Gasteiger partial charge in [0.15, 0.2) is 0 Å². The Labute approximate surface area is 133 Å². The van der Waals surface area contributed by atoms with Crippen molar-refractivity contribution in [1.29, 1.82) is 0 Å². The highest BCUT2D eigenvalue weighted by molar-refractivity contribution is 5.75. The smallest absolute Gasteiger partial charge is 0.317 e. The van der Waals surface area contributed by atoms with Crippen molar-refractivity contribution in [3.8, 4) is 5.75 Å². The molecule has 1 aliphatic rings. The largest absolute Gasteiger partial charge is 0.487 e. The van der Waals surface area contributed by atoms with E-state index >= 15 is 0 Å². The molecule has 1 aromatic rings. The second kappa shape index (κ2) is 7.49. The summed E-state index contributed by atoms with van der Waals surface area (Å²) in [4.78, 5) is 15.9. The molecule has 0 unspecified atom stereocenters. The van der Waals surface area contributed by atoms with Gasteiger partial charge in [-0.05, 0) is 52.1 Å². The topological polar surface area (TPSA) is 44.8 Å². The van der Waals surface area contributed by atoms with Gasteiger partial charge in [-0.25, -0.2) is 4.79 Å². The molecule has 0 aromatic heterocycles. The minimum Gasteiger partial charge on any atom is -0.487 e. The van der Waals surface area contributed by atoms with Crippen LogP contribution in [0.1, 0.15) is 18.9 Å². The third-order valence-electron chi connectivity index (χ3n) is 4.15. The molecule has 0 bridgehead atoms. The van der Waals surface area contributed by atoms with Crippen LogP contribution in [0.3, 0.4) is 0 Å². The molecule has 22 heavy (non-hydrogen) atoms. The molecule has 1 atom stereocenters. The lowest BCUT2D eigenvalue weighted by Gasteiger charge is -2.39. The van der Waals surface area contributed by atoms with E-state index in [4.69, 9.17) is 4.74 Å². The number of likely N-dealkylation sites (tertiary alicyclic amines) is 1. The van der Waals surface area contributed by atoms with E-state index in [9.17, 15) is 4.79 Å². The van der Waals surface area contributed by atoms with Crippen molar-refractivity contribution in [2.45, 2.75) is 32.4 Å². The molecule has 0 radical (unpaired) electrons. The molecule has 2 rings (SSSR count). The van der Waals surface area contributed by atoms with Crippen LogP contribution in [0.2, 0.25) is 0 Å². The van der Waals surface area contributed by atoms with Crippen molar-refractivity contribution >= 4 is 6.03 Å². The van der Waals surface area contributed by atoms with E-state index in [-0.39, 0.29) is 12.1 Å². The third kappa shape index (κ3) is 4.63. The first-order valence-electron chi connectivity index (χ1n) is 7.88. The minimum absolute atomic E-state index is 0.00930. The van der Waals surface area contributed by atoms with Gasteiger partial charge in [-0.1, -0.05) is 12.1 Å². The van der Waals surface area contributed by atoms with Gasteiger partial charge in [0.05, 0.1) is 13.1 Å². The summed E-state index contributed by atoms with van der Waals surface area (Å²) in [7, 11) is 4.10. The second-order valence-corrected chi connectivity index (χ2v) is 6.29. The minimum atomic E-state index is 0.00930. The van der Waals surface area contributed by atoms with E-state index in [0.717, 1.165) is 12.2 Å². The maximum atomic E-state index is 12.0. The summed E-state index contributed by atoms with van der Waals surface area (Å²) in [6.45, 7) is 6.22. The molecule has 1 N–H and O–H groups in total. The Hall–Kier alpha value is -1.75. The molecule has 1 heterocycles. The fourth-order valence-electron chi connectivity index (χ4n) is 2.32. The fourth-order valence-corrected chi connectivity index (χ4v) is 2.32. The number of amides is 2. The molecule has 1 saturated heterocycles. The fraction of sp³-hybridized carbons (Fsp3) is 0.588. The van der Waals surface area contributed by atoms with E-state index in [1.165, 1.54) is 5.56 Å².